The zero-order valence-electron chi connectivity index (χ0n) is 9.67. The van der Waals surface area contributed by atoms with E-state index in [1.807, 2.05) is 18.2 Å². The molecule has 2 N–H and O–H groups in total. The molecule has 1 saturated heterocycles. The summed E-state index contributed by atoms with van der Waals surface area (Å²) >= 11 is 3.44. The molecular weight excluding hydrogens is 278 g/mol. The summed E-state index contributed by atoms with van der Waals surface area (Å²) < 4.78 is 1.00. The zero-order chi connectivity index (χ0) is 12.1. The third-order valence-corrected chi connectivity index (χ3v) is 3.50. The molecule has 0 amide bonds. The standard InChI is InChI=1S/C13H16BrN3/c14-11-5-4-10(8-15)13(7-11)17-12-3-1-2-6-16-9-12/h4-5,7,12,16-17H,1-3,6,9H2. The fourth-order valence-corrected chi connectivity index (χ4v) is 2.46. The number of nitrogens with one attached hydrogen (secondary N) is 2. The average molecular weight is 294 g/mol. The Kier molecular flexibility index (Phi) is 4.41. The van der Waals surface area contributed by atoms with Crippen LogP contribution in [0.25, 0.3) is 0 Å². The molecule has 1 heterocycles. The summed E-state index contributed by atoms with van der Waals surface area (Å²) in [7, 11) is 0. The maximum absolute atomic E-state index is 9.07. The van der Waals surface area contributed by atoms with Crippen LogP contribution in [0.3, 0.4) is 0 Å². The summed E-state index contributed by atoms with van der Waals surface area (Å²) in [5.74, 6) is 0. The van der Waals surface area contributed by atoms with Crippen LogP contribution in [0.2, 0.25) is 0 Å². The van der Waals surface area contributed by atoms with Gasteiger partial charge in [-0.05, 0) is 37.6 Å². The van der Waals surface area contributed by atoms with Crippen LogP contribution >= 0.6 is 15.9 Å². The molecule has 1 aromatic carbocycles. The molecule has 17 heavy (non-hydrogen) atoms. The van der Waals surface area contributed by atoms with Gasteiger partial charge >= 0.3 is 0 Å². The van der Waals surface area contributed by atoms with Crippen LogP contribution in [-0.2, 0) is 0 Å². The first kappa shape index (κ1) is 12.4. The molecule has 0 saturated carbocycles. The zero-order valence-corrected chi connectivity index (χ0v) is 11.3. The van der Waals surface area contributed by atoms with Gasteiger partial charge in [-0.15, -0.1) is 0 Å². The molecule has 3 nitrogen and oxygen atoms in total. The van der Waals surface area contributed by atoms with Crippen molar-refractivity contribution < 1.29 is 0 Å². The minimum atomic E-state index is 0.416. The molecular formula is C13H16BrN3. The summed E-state index contributed by atoms with van der Waals surface area (Å²) in [6, 6.07) is 8.36. The van der Waals surface area contributed by atoms with Crippen LogP contribution < -0.4 is 10.6 Å². The van der Waals surface area contributed by atoms with E-state index in [0.29, 0.717) is 11.6 Å². The molecule has 0 bridgehead atoms. The van der Waals surface area contributed by atoms with Gasteiger partial charge in [0, 0.05) is 17.1 Å². The quantitative estimate of drug-likeness (QED) is 0.881. The van der Waals surface area contributed by atoms with E-state index in [1.165, 1.54) is 12.8 Å². The van der Waals surface area contributed by atoms with E-state index in [4.69, 9.17) is 5.26 Å². The third-order valence-electron chi connectivity index (χ3n) is 3.01. The van der Waals surface area contributed by atoms with Crippen molar-refractivity contribution in [2.75, 3.05) is 18.4 Å². The Morgan fingerprint density at radius 3 is 3.12 bits per heavy atom. The van der Waals surface area contributed by atoms with Crippen LogP contribution in [0.5, 0.6) is 0 Å². The predicted molar refractivity (Wildman–Crippen MR) is 73.0 cm³/mol. The number of nitrogens with zero attached hydrogens (tertiary/aromatic N) is 1. The number of hydrogen-bond acceptors (Lipinski definition) is 3. The number of benzene rings is 1. The molecule has 4 heteroatoms. The van der Waals surface area contributed by atoms with Crippen molar-refractivity contribution in [3.8, 4) is 6.07 Å². The minimum Gasteiger partial charge on any atom is -0.380 e. The second-order valence-corrected chi connectivity index (χ2v) is 5.26. The Morgan fingerprint density at radius 2 is 2.29 bits per heavy atom. The highest BCUT2D eigenvalue weighted by atomic mass is 79.9. The molecule has 1 atom stereocenters. The lowest BCUT2D eigenvalue weighted by atomic mass is 10.1. The van der Waals surface area contributed by atoms with Crippen molar-refractivity contribution in [1.82, 2.24) is 5.32 Å². The Bertz CT molecular complexity index is 417. The van der Waals surface area contributed by atoms with Crippen LogP contribution in [0.4, 0.5) is 5.69 Å². The van der Waals surface area contributed by atoms with Gasteiger partial charge in [0.2, 0.25) is 0 Å². The van der Waals surface area contributed by atoms with Gasteiger partial charge < -0.3 is 10.6 Å². The first-order valence-electron chi connectivity index (χ1n) is 5.96. The lowest BCUT2D eigenvalue weighted by molar-refractivity contribution is 0.636. The molecule has 0 spiro atoms. The third kappa shape index (κ3) is 3.45. The van der Waals surface area contributed by atoms with Crippen molar-refractivity contribution in [1.29, 1.82) is 5.26 Å². The Hall–Kier alpha value is -1.05. The van der Waals surface area contributed by atoms with Gasteiger partial charge in [0.25, 0.3) is 0 Å². The molecule has 1 aliphatic heterocycles. The van der Waals surface area contributed by atoms with E-state index in [1.54, 1.807) is 0 Å². The van der Waals surface area contributed by atoms with Crippen molar-refractivity contribution in [2.45, 2.75) is 25.3 Å². The minimum absolute atomic E-state index is 0.416. The van der Waals surface area contributed by atoms with E-state index in [2.05, 4.69) is 32.6 Å². The highest BCUT2D eigenvalue weighted by Gasteiger charge is 2.13. The Labute approximate surface area is 110 Å². The van der Waals surface area contributed by atoms with E-state index in [-0.39, 0.29) is 0 Å². The van der Waals surface area contributed by atoms with Gasteiger partial charge in [-0.25, -0.2) is 0 Å². The number of nitriles is 1. The smallest absolute Gasteiger partial charge is 0.101 e. The summed E-state index contributed by atoms with van der Waals surface area (Å²) in [6.07, 6.45) is 3.63. The Morgan fingerprint density at radius 1 is 1.41 bits per heavy atom. The molecule has 0 aromatic heterocycles. The largest absolute Gasteiger partial charge is 0.380 e. The number of rotatable bonds is 2. The summed E-state index contributed by atoms with van der Waals surface area (Å²) in [5.41, 5.74) is 1.63. The van der Waals surface area contributed by atoms with Crippen molar-refractivity contribution >= 4 is 21.6 Å². The van der Waals surface area contributed by atoms with Crippen molar-refractivity contribution in [2.24, 2.45) is 0 Å². The summed E-state index contributed by atoms with van der Waals surface area (Å²) in [6.45, 7) is 2.07. The second-order valence-electron chi connectivity index (χ2n) is 4.34. The maximum Gasteiger partial charge on any atom is 0.101 e. The highest BCUT2D eigenvalue weighted by molar-refractivity contribution is 9.10. The monoisotopic (exact) mass is 293 g/mol. The van der Waals surface area contributed by atoms with Crippen LogP contribution in [-0.4, -0.2) is 19.1 Å². The predicted octanol–water partition coefficient (Wildman–Crippen LogP) is 2.87. The molecule has 1 fully saturated rings. The molecule has 0 radical (unpaired) electrons. The summed E-state index contributed by atoms with van der Waals surface area (Å²) in [5, 5.41) is 16.0. The number of hydrogen-bond donors (Lipinski definition) is 2. The molecule has 1 unspecified atom stereocenters. The lowest BCUT2D eigenvalue weighted by Gasteiger charge is -2.18. The average Bonchev–Trinajstić information content (AvgIpc) is 2.58. The van der Waals surface area contributed by atoms with E-state index in [0.717, 1.165) is 29.7 Å². The summed E-state index contributed by atoms with van der Waals surface area (Å²) in [4.78, 5) is 0. The molecule has 90 valence electrons. The molecule has 1 aliphatic rings. The van der Waals surface area contributed by atoms with E-state index >= 15 is 0 Å². The van der Waals surface area contributed by atoms with Crippen LogP contribution in [0.1, 0.15) is 24.8 Å². The topological polar surface area (TPSA) is 47.9 Å². The van der Waals surface area contributed by atoms with Gasteiger partial charge in [0.1, 0.15) is 6.07 Å². The van der Waals surface area contributed by atoms with Crippen LogP contribution in [0.15, 0.2) is 22.7 Å². The number of halogens is 1. The SMILES string of the molecule is N#Cc1ccc(Br)cc1NC1CCCCNC1. The van der Waals surface area contributed by atoms with Gasteiger partial charge in [0.05, 0.1) is 11.3 Å². The van der Waals surface area contributed by atoms with Gasteiger partial charge in [-0.3, -0.25) is 0 Å². The molecule has 2 rings (SSSR count). The molecule has 1 aromatic rings. The van der Waals surface area contributed by atoms with Gasteiger partial charge in [-0.1, -0.05) is 22.4 Å². The van der Waals surface area contributed by atoms with Crippen molar-refractivity contribution in [3.63, 3.8) is 0 Å². The lowest BCUT2D eigenvalue weighted by Crippen LogP contribution is -2.31. The second kappa shape index (κ2) is 6.04. The Balaban J connectivity index is 2.11. The van der Waals surface area contributed by atoms with Gasteiger partial charge in [0.15, 0.2) is 0 Å². The first-order valence-corrected chi connectivity index (χ1v) is 6.76. The fraction of sp³-hybridized carbons (Fsp3) is 0.462. The molecule has 0 aliphatic carbocycles. The highest BCUT2D eigenvalue weighted by Crippen LogP contribution is 2.22. The maximum atomic E-state index is 9.07. The first-order chi connectivity index (χ1) is 8.29. The van der Waals surface area contributed by atoms with E-state index in [9.17, 15) is 0 Å². The fourth-order valence-electron chi connectivity index (χ4n) is 2.10. The number of anilines is 1. The van der Waals surface area contributed by atoms with Crippen LogP contribution in [0, 0.1) is 11.3 Å². The van der Waals surface area contributed by atoms with Crippen molar-refractivity contribution in [3.05, 3.63) is 28.2 Å². The normalized spacial score (nSPS) is 20.4. The van der Waals surface area contributed by atoms with E-state index < -0.39 is 0 Å². The van der Waals surface area contributed by atoms with Gasteiger partial charge in [-0.2, -0.15) is 5.26 Å².